The van der Waals surface area contributed by atoms with Crippen LogP contribution >= 0.6 is 11.3 Å². The number of thiazole rings is 1. The van der Waals surface area contributed by atoms with Crippen LogP contribution in [0.25, 0.3) is 0 Å². The van der Waals surface area contributed by atoms with Crippen LogP contribution in [0, 0.1) is 6.92 Å². The normalized spacial score (nSPS) is 10.2. The molecule has 12 heavy (non-hydrogen) atoms. The molecule has 0 amide bonds. The van der Waals surface area contributed by atoms with Crippen molar-refractivity contribution in [3.63, 3.8) is 0 Å². The van der Waals surface area contributed by atoms with E-state index in [9.17, 15) is 4.79 Å². The Labute approximate surface area is 75.8 Å². The van der Waals surface area contributed by atoms with Crippen LogP contribution in [-0.2, 0) is 11.2 Å². The van der Waals surface area contributed by atoms with Gasteiger partial charge in [-0.15, -0.1) is 11.3 Å². The number of hydrogen-bond donors (Lipinski definition) is 1. The van der Waals surface area contributed by atoms with E-state index >= 15 is 0 Å². The third-order valence-corrected chi connectivity index (χ3v) is 2.24. The molecular weight excluding hydrogens is 172 g/mol. The number of carbonyl (C=O) groups is 1. The zero-order valence-electron chi connectivity index (χ0n) is 7.26. The van der Waals surface area contributed by atoms with E-state index in [-0.39, 0.29) is 5.78 Å². The van der Waals surface area contributed by atoms with Crippen molar-refractivity contribution in [2.45, 2.75) is 13.3 Å². The number of nitrogens with one attached hydrogen (secondary N) is 1. The predicted octanol–water partition coefficient (Wildman–Crippen LogP) is 0.783. The molecule has 0 saturated heterocycles. The number of aryl methyl sites for hydroxylation is 1. The van der Waals surface area contributed by atoms with E-state index in [1.807, 2.05) is 12.3 Å². The van der Waals surface area contributed by atoms with Crippen LogP contribution < -0.4 is 5.32 Å². The molecule has 0 saturated carbocycles. The minimum atomic E-state index is 0.183. The van der Waals surface area contributed by atoms with Gasteiger partial charge in [-0.3, -0.25) is 4.79 Å². The lowest BCUT2D eigenvalue weighted by molar-refractivity contribution is -0.117. The maximum atomic E-state index is 11.1. The summed E-state index contributed by atoms with van der Waals surface area (Å²) >= 11 is 1.58. The van der Waals surface area contributed by atoms with E-state index in [0.717, 1.165) is 10.7 Å². The van der Waals surface area contributed by atoms with Gasteiger partial charge in [0.05, 0.1) is 23.7 Å². The van der Waals surface area contributed by atoms with Gasteiger partial charge in [-0.1, -0.05) is 0 Å². The SMILES string of the molecule is CNCC(=O)Cc1csc(C)n1. The van der Waals surface area contributed by atoms with Crippen molar-refractivity contribution in [1.82, 2.24) is 10.3 Å². The Balaban J connectivity index is 2.46. The van der Waals surface area contributed by atoms with Gasteiger partial charge in [0, 0.05) is 5.38 Å². The molecule has 0 aromatic carbocycles. The van der Waals surface area contributed by atoms with E-state index < -0.39 is 0 Å². The standard InChI is InChI=1S/C8H12N2OS/c1-6-10-7(5-12-6)3-8(11)4-9-2/h5,9H,3-4H2,1-2H3. The summed E-state index contributed by atoms with van der Waals surface area (Å²) in [7, 11) is 1.77. The largest absolute Gasteiger partial charge is 0.313 e. The fourth-order valence-corrected chi connectivity index (χ4v) is 1.56. The third-order valence-electron chi connectivity index (χ3n) is 1.42. The van der Waals surface area contributed by atoms with Crippen LogP contribution in [0.1, 0.15) is 10.7 Å². The topological polar surface area (TPSA) is 42.0 Å². The quantitative estimate of drug-likeness (QED) is 0.752. The molecule has 1 aromatic heterocycles. The Hall–Kier alpha value is -0.740. The molecule has 0 aliphatic carbocycles. The lowest BCUT2D eigenvalue weighted by Crippen LogP contribution is -2.20. The number of likely N-dealkylation sites (N-methyl/N-ethyl adjacent to an activating group) is 1. The zero-order chi connectivity index (χ0) is 8.97. The minimum Gasteiger partial charge on any atom is -0.313 e. The first-order chi connectivity index (χ1) is 5.72. The maximum Gasteiger partial charge on any atom is 0.152 e. The molecule has 4 heteroatoms. The number of nitrogens with zero attached hydrogens (tertiary/aromatic N) is 1. The summed E-state index contributed by atoms with van der Waals surface area (Å²) in [5.41, 5.74) is 0.887. The fraction of sp³-hybridized carbons (Fsp3) is 0.500. The average Bonchev–Trinajstić information content (AvgIpc) is 2.36. The Kier molecular flexibility index (Phi) is 3.37. The maximum absolute atomic E-state index is 11.1. The highest BCUT2D eigenvalue weighted by Gasteiger charge is 2.04. The van der Waals surface area contributed by atoms with E-state index in [4.69, 9.17) is 0 Å². The minimum absolute atomic E-state index is 0.183. The van der Waals surface area contributed by atoms with E-state index in [1.54, 1.807) is 18.4 Å². The van der Waals surface area contributed by atoms with Crippen LogP contribution in [-0.4, -0.2) is 24.4 Å². The van der Waals surface area contributed by atoms with Crippen molar-refractivity contribution in [3.8, 4) is 0 Å². The molecule has 1 rings (SSSR count). The smallest absolute Gasteiger partial charge is 0.152 e. The van der Waals surface area contributed by atoms with Gasteiger partial charge in [0.25, 0.3) is 0 Å². The first kappa shape index (κ1) is 9.35. The van der Waals surface area contributed by atoms with Gasteiger partial charge < -0.3 is 5.32 Å². The van der Waals surface area contributed by atoms with Gasteiger partial charge in [0.2, 0.25) is 0 Å². The van der Waals surface area contributed by atoms with Crippen molar-refractivity contribution in [1.29, 1.82) is 0 Å². The van der Waals surface area contributed by atoms with E-state index in [2.05, 4.69) is 10.3 Å². The molecule has 0 radical (unpaired) electrons. The number of carbonyl (C=O) groups excluding carboxylic acids is 1. The third kappa shape index (κ3) is 2.71. The molecule has 0 spiro atoms. The molecule has 1 N–H and O–H groups in total. The highest BCUT2D eigenvalue weighted by atomic mass is 32.1. The Morgan fingerprint density at radius 1 is 1.75 bits per heavy atom. The highest BCUT2D eigenvalue weighted by molar-refractivity contribution is 7.09. The van der Waals surface area contributed by atoms with Gasteiger partial charge in [0.15, 0.2) is 5.78 Å². The number of hydrogen-bond acceptors (Lipinski definition) is 4. The number of aromatic nitrogens is 1. The summed E-state index contributed by atoms with van der Waals surface area (Å²) in [4.78, 5) is 15.3. The average molecular weight is 184 g/mol. The Morgan fingerprint density at radius 2 is 2.50 bits per heavy atom. The molecule has 0 fully saturated rings. The summed E-state index contributed by atoms with van der Waals surface area (Å²) < 4.78 is 0. The Bertz CT molecular complexity index is 270. The first-order valence-electron chi connectivity index (χ1n) is 3.79. The summed E-state index contributed by atoms with van der Waals surface area (Å²) in [5, 5.41) is 5.77. The first-order valence-corrected chi connectivity index (χ1v) is 4.67. The monoisotopic (exact) mass is 184 g/mol. The molecule has 0 aliphatic rings. The van der Waals surface area contributed by atoms with E-state index in [1.165, 1.54) is 0 Å². The second kappa shape index (κ2) is 4.33. The van der Waals surface area contributed by atoms with Gasteiger partial charge >= 0.3 is 0 Å². The van der Waals surface area contributed by atoms with Crippen LogP contribution in [0.4, 0.5) is 0 Å². The summed E-state index contributed by atoms with van der Waals surface area (Å²) in [6.07, 6.45) is 0.450. The molecular formula is C8H12N2OS. The van der Waals surface area contributed by atoms with Gasteiger partial charge in [0.1, 0.15) is 0 Å². The van der Waals surface area contributed by atoms with Gasteiger partial charge in [-0.05, 0) is 14.0 Å². The van der Waals surface area contributed by atoms with Crippen LogP contribution in [0.3, 0.4) is 0 Å². The van der Waals surface area contributed by atoms with Crippen molar-refractivity contribution < 1.29 is 4.79 Å². The number of Topliss-reactive ketones (excluding diaryl/α,β-unsaturated/α-hetero) is 1. The molecule has 1 heterocycles. The van der Waals surface area contributed by atoms with Crippen molar-refractivity contribution in [3.05, 3.63) is 16.1 Å². The fourth-order valence-electron chi connectivity index (χ4n) is 0.951. The van der Waals surface area contributed by atoms with Gasteiger partial charge in [-0.25, -0.2) is 4.98 Å². The molecule has 0 unspecified atom stereocenters. The lowest BCUT2D eigenvalue weighted by Gasteiger charge is -1.95. The van der Waals surface area contributed by atoms with E-state index in [0.29, 0.717) is 13.0 Å². The van der Waals surface area contributed by atoms with Crippen LogP contribution in [0.15, 0.2) is 5.38 Å². The molecule has 0 bridgehead atoms. The van der Waals surface area contributed by atoms with Crippen LogP contribution in [0.2, 0.25) is 0 Å². The highest BCUT2D eigenvalue weighted by Crippen LogP contribution is 2.08. The second-order valence-corrected chi connectivity index (χ2v) is 3.67. The summed E-state index contributed by atoms with van der Waals surface area (Å²) in [6.45, 7) is 2.37. The van der Waals surface area contributed by atoms with Crippen molar-refractivity contribution >= 4 is 17.1 Å². The molecule has 0 aliphatic heterocycles. The molecule has 1 aromatic rings. The van der Waals surface area contributed by atoms with Crippen molar-refractivity contribution in [2.75, 3.05) is 13.6 Å². The Morgan fingerprint density at radius 3 is 3.00 bits per heavy atom. The predicted molar refractivity (Wildman–Crippen MR) is 49.5 cm³/mol. The van der Waals surface area contributed by atoms with Crippen LogP contribution in [0.5, 0.6) is 0 Å². The molecule has 66 valence electrons. The lowest BCUT2D eigenvalue weighted by atomic mass is 10.2. The number of rotatable bonds is 4. The number of ketones is 1. The second-order valence-electron chi connectivity index (χ2n) is 2.60. The summed E-state index contributed by atoms with van der Waals surface area (Å²) in [5.74, 6) is 0.183. The molecule has 0 atom stereocenters. The molecule has 3 nitrogen and oxygen atoms in total. The zero-order valence-corrected chi connectivity index (χ0v) is 8.07. The summed E-state index contributed by atoms with van der Waals surface area (Å²) in [6, 6.07) is 0. The van der Waals surface area contributed by atoms with Gasteiger partial charge in [-0.2, -0.15) is 0 Å². The van der Waals surface area contributed by atoms with Crippen molar-refractivity contribution in [2.24, 2.45) is 0 Å².